The van der Waals surface area contributed by atoms with Crippen molar-refractivity contribution in [1.82, 2.24) is 29.9 Å². The number of methoxy groups -OCH3 is 1. The highest BCUT2D eigenvalue weighted by atomic mass is 19.3. The highest BCUT2D eigenvalue weighted by Gasteiger charge is 2.26. The van der Waals surface area contributed by atoms with Crippen molar-refractivity contribution >= 4 is 51.6 Å². The number of anilines is 1. The second kappa shape index (κ2) is 9.72. The number of fused-ring (bicyclic) bond motifs is 2. The summed E-state index contributed by atoms with van der Waals surface area (Å²) < 4.78 is 38.1. The van der Waals surface area contributed by atoms with Gasteiger partial charge in [-0.2, -0.15) is 9.97 Å². The molecule has 1 saturated carbocycles. The molecule has 0 atom stereocenters. The minimum Gasteiger partial charge on any atom is -0.480 e. The van der Waals surface area contributed by atoms with E-state index in [4.69, 9.17) is 33.0 Å². The normalized spacial score (nSPS) is 18.8. The second-order valence-corrected chi connectivity index (χ2v) is 8.94. The van der Waals surface area contributed by atoms with Gasteiger partial charge in [-0.15, -0.1) is 5.10 Å². The molecular formula is C22H22B3F2N7O2. The number of hydrogen-bond donors (Lipinski definition) is 2. The Morgan fingerprint density at radius 3 is 2.67 bits per heavy atom. The Balaban J connectivity index is 1.39. The van der Waals surface area contributed by atoms with E-state index in [-0.39, 0.29) is 12.1 Å². The third-order valence-corrected chi connectivity index (χ3v) is 6.21. The summed E-state index contributed by atoms with van der Waals surface area (Å²) in [6, 6.07) is 5.49. The summed E-state index contributed by atoms with van der Waals surface area (Å²) in [5.74, 6) is 0.812. The van der Waals surface area contributed by atoms with Gasteiger partial charge < -0.3 is 19.8 Å². The Labute approximate surface area is 210 Å². The predicted molar refractivity (Wildman–Crippen MR) is 134 cm³/mol. The monoisotopic (exact) mass is 487 g/mol. The van der Waals surface area contributed by atoms with Crippen LogP contribution in [0.4, 0.5) is 14.7 Å². The quantitative estimate of drug-likeness (QED) is 0.369. The van der Waals surface area contributed by atoms with Gasteiger partial charge in [-0.05, 0) is 48.7 Å². The lowest BCUT2D eigenvalue weighted by Gasteiger charge is -2.34. The summed E-state index contributed by atoms with van der Waals surface area (Å²) in [6.45, 7) is -0.533. The first-order valence-corrected chi connectivity index (χ1v) is 11.6. The SMILES string of the molecule is [B]C([B])([B])OC1CCC(Nc2nc(OC)c3c(-c4ccc5nnn(CC(F)F)c5c4)c[nH]c3n2)CC1. The highest BCUT2D eigenvalue weighted by molar-refractivity contribution is 6.58. The number of nitrogens with one attached hydrogen (secondary N) is 2. The van der Waals surface area contributed by atoms with Crippen molar-refractivity contribution < 1.29 is 18.3 Å². The molecule has 0 bridgehead atoms. The maximum atomic E-state index is 12.9. The molecule has 0 saturated heterocycles. The van der Waals surface area contributed by atoms with Gasteiger partial charge in [-0.3, -0.25) is 0 Å². The average molecular weight is 487 g/mol. The molecule has 4 aromatic rings. The third-order valence-electron chi connectivity index (χ3n) is 6.21. The van der Waals surface area contributed by atoms with Crippen LogP contribution in [0.3, 0.4) is 0 Å². The topological polar surface area (TPSA) is 103 Å². The van der Waals surface area contributed by atoms with Crippen molar-refractivity contribution in [2.75, 3.05) is 12.4 Å². The maximum absolute atomic E-state index is 12.9. The van der Waals surface area contributed by atoms with E-state index in [0.29, 0.717) is 33.9 Å². The lowest BCUT2D eigenvalue weighted by atomic mass is 9.52. The first kappa shape index (κ1) is 24.5. The van der Waals surface area contributed by atoms with E-state index in [9.17, 15) is 8.78 Å². The number of nitrogens with zero attached hydrogens (tertiary/aromatic N) is 5. The van der Waals surface area contributed by atoms with Crippen molar-refractivity contribution in [2.45, 2.75) is 56.1 Å². The highest BCUT2D eigenvalue weighted by Crippen LogP contribution is 2.36. The standard InChI is InChI=1S/C22H22B3F2N7O2/c1-35-20-18-14(11-2-7-15-16(8-11)34(33-32-15)10-17(26)27)9-28-19(18)30-21(31-20)29-12-3-5-13(6-4-12)36-22(23,24)25/h2,7-9,12-13,17H,3-6,10H2,1H3,(H2,28,29,30,31). The minimum atomic E-state index is -2.54. The molecule has 180 valence electrons. The van der Waals surface area contributed by atoms with Crippen LogP contribution in [0.1, 0.15) is 25.7 Å². The molecule has 9 nitrogen and oxygen atoms in total. The van der Waals surface area contributed by atoms with Crippen LogP contribution in [0.25, 0.3) is 33.2 Å². The van der Waals surface area contributed by atoms with Crippen LogP contribution in [-0.2, 0) is 11.3 Å². The first-order valence-electron chi connectivity index (χ1n) is 11.6. The van der Waals surface area contributed by atoms with E-state index >= 15 is 0 Å². The molecule has 0 aliphatic heterocycles. The molecule has 2 N–H and O–H groups in total. The second-order valence-electron chi connectivity index (χ2n) is 8.94. The Kier molecular flexibility index (Phi) is 6.63. The molecule has 6 radical (unpaired) electrons. The number of aromatic nitrogens is 6. The summed E-state index contributed by atoms with van der Waals surface area (Å²) in [4.78, 5) is 12.4. The fraction of sp³-hybridized carbons (Fsp3) is 0.455. The summed E-state index contributed by atoms with van der Waals surface area (Å²) in [5.41, 5.74) is 3.16. The molecule has 1 aromatic carbocycles. The number of alkyl halides is 2. The molecule has 1 aliphatic rings. The third kappa shape index (κ3) is 5.18. The van der Waals surface area contributed by atoms with Crippen molar-refractivity contribution in [1.29, 1.82) is 0 Å². The van der Waals surface area contributed by atoms with Gasteiger partial charge in [0.05, 0.1) is 47.7 Å². The molecule has 1 fully saturated rings. The summed E-state index contributed by atoms with van der Waals surface area (Å²) in [7, 11) is 18.2. The zero-order valence-corrected chi connectivity index (χ0v) is 19.6. The number of rotatable bonds is 8. The zero-order valence-electron chi connectivity index (χ0n) is 19.6. The molecule has 1 aliphatic carbocycles. The molecule has 0 spiro atoms. The van der Waals surface area contributed by atoms with E-state index in [1.54, 1.807) is 18.3 Å². The molecule has 14 heteroatoms. The number of halogens is 2. The van der Waals surface area contributed by atoms with E-state index < -0.39 is 18.3 Å². The smallest absolute Gasteiger partial charge is 0.258 e. The van der Waals surface area contributed by atoms with Gasteiger partial charge in [-0.1, -0.05) is 11.3 Å². The van der Waals surface area contributed by atoms with Gasteiger partial charge in [0.1, 0.15) is 17.7 Å². The first-order chi connectivity index (χ1) is 17.2. The van der Waals surface area contributed by atoms with Crippen LogP contribution in [0.2, 0.25) is 0 Å². The van der Waals surface area contributed by atoms with Crippen LogP contribution in [0.5, 0.6) is 5.88 Å². The van der Waals surface area contributed by atoms with Gasteiger partial charge in [-0.25, -0.2) is 13.5 Å². The molecule has 3 heterocycles. The Hall–Kier alpha value is -3.15. The Morgan fingerprint density at radius 2 is 1.97 bits per heavy atom. The van der Waals surface area contributed by atoms with E-state index in [2.05, 4.69) is 30.6 Å². The molecule has 36 heavy (non-hydrogen) atoms. The van der Waals surface area contributed by atoms with Crippen LogP contribution in [0, 0.1) is 0 Å². The van der Waals surface area contributed by atoms with Crippen LogP contribution in [-0.4, -0.2) is 84.5 Å². The number of benzene rings is 1. The van der Waals surface area contributed by atoms with Gasteiger partial charge in [0.2, 0.25) is 11.8 Å². The number of H-pyrrole nitrogens is 1. The average Bonchev–Trinajstić information content (AvgIpc) is 3.42. The van der Waals surface area contributed by atoms with Crippen molar-refractivity contribution in [2.24, 2.45) is 0 Å². The van der Waals surface area contributed by atoms with Crippen molar-refractivity contribution in [3.8, 4) is 17.0 Å². The molecule has 5 rings (SSSR count). The largest absolute Gasteiger partial charge is 0.480 e. The molecule has 0 unspecified atom stereocenters. The Morgan fingerprint density at radius 1 is 1.19 bits per heavy atom. The Bertz CT molecular complexity index is 1370. The lowest BCUT2D eigenvalue weighted by molar-refractivity contribution is 0.0202. The summed E-state index contributed by atoms with van der Waals surface area (Å²) in [6.07, 6.45) is 2.25. The van der Waals surface area contributed by atoms with Crippen LogP contribution in [0.15, 0.2) is 24.4 Å². The van der Waals surface area contributed by atoms with E-state index in [1.165, 1.54) is 11.8 Å². The maximum Gasteiger partial charge on any atom is 0.258 e. The summed E-state index contributed by atoms with van der Waals surface area (Å²) in [5, 5.41) is 10.2. The lowest BCUT2D eigenvalue weighted by Crippen LogP contribution is -2.41. The number of aromatic amines is 1. The van der Waals surface area contributed by atoms with E-state index in [0.717, 1.165) is 36.8 Å². The van der Waals surface area contributed by atoms with Gasteiger partial charge >= 0.3 is 0 Å². The fourth-order valence-corrected chi connectivity index (χ4v) is 4.63. The fourth-order valence-electron chi connectivity index (χ4n) is 4.63. The van der Waals surface area contributed by atoms with Gasteiger partial charge in [0.25, 0.3) is 6.43 Å². The van der Waals surface area contributed by atoms with Crippen LogP contribution < -0.4 is 10.1 Å². The molecule has 3 aromatic heterocycles. The van der Waals surface area contributed by atoms with E-state index in [1.807, 2.05) is 6.07 Å². The van der Waals surface area contributed by atoms with Gasteiger partial charge in [0.15, 0.2) is 0 Å². The summed E-state index contributed by atoms with van der Waals surface area (Å²) >= 11 is 0. The number of ether oxygens (including phenoxy) is 2. The zero-order chi connectivity index (χ0) is 25.4. The molecule has 0 amide bonds. The van der Waals surface area contributed by atoms with Crippen LogP contribution >= 0.6 is 0 Å². The number of hydrogen-bond acceptors (Lipinski definition) is 7. The van der Waals surface area contributed by atoms with Crippen molar-refractivity contribution in [3.63, 3.8) is 0 Å². The van der Waals surface area contributed by atoms with Gasteiger partial charge in [0, 0.05) is 17.8 Å². The minimum absolute atomic E-state index is 0.100. The van der Waals surface area contributed by atoms with Crippen molar-refractivity contribution in [3.05, 3.63) is 24.4 Å². The molecular weight excluding hydrogens is 465 g/mol. The predicted octanol–water partition coefficient (Wildman–Crippen LogP) is 2.50.